The smallest absolute Gasteiger partial charge is 0.358 e. The van der Waals surface area contributed by atoms with Crippen molar-refractivity contribution in [2.75, 3.05) is 5.73 Å². The van der Waals surface area contributed by atoms with Gasteiger partial charge in [-0.1, -0.05) is 0 Å². The number of halogens is 1. The van der Waals surface area contributed by atoms with Crippen LogP contribution < -0.4 is 11.3 Å². The van der Waals surface area contributed by atoms with Gasteiger partial charge in [-0.3, -0.25) is 4.79 Å². The Balaban J connectivity index is 0.00000162. The summed E-state index contributed by atoms with van der Waals surface area (Å²) in [7, 11) is 0. The number of H-pyrrole nitrogens is 1. The molecule has 0 amide bonds. The number of anilines is 1. The highest BCUT2D eigenvalue weighted by atomic mass is 35.5. The Morgan fingerprint density at radius 3 is 2.67 bits per heavy atom. The van der Waals surface area contributed by atoms with E-state index >= 15 is 0 Å². The first-order valence-corrected chi connectivity index (χ1v) is 5.28. The molecule has 2 rings (SSSR count). The van der Waals surface area contributed by atoms with Gasteiger partial charge in [-0.2, -0.15) is 0 Å². The largest absolute Gasteiger partial charge is 0.501 e. The highest BCUT2D eigenvalue weighted by Gasteiger charge is 2.18. The number of hydrogen-bond donors (Lipinski definition) is 4. The number of aromatic nitrogens is 2. The first kappa shape index (κ1) is 14.0. The summed E-state index contributed by atoms with van der Waals surface area (Å²) in [6.07, 6.45) is 0. The van der Waals surface area contributed by atoms with Crippen LogP contribution in [0.2, 0.25) is 0 Å². The highest BCUT2D eigenvalue weighted by Crippen LogP contribution is 2.28. The van der Waals surface area contributed by atoms with Crippen LogP contribution in [0, 0.1) is 0 Å². The molecule has 0 atom stereocenters. The van der Waals surface area contributed by atoms with E-state index < -0.39 is 23.0 Å². The number of carboxylic acids is 1. The van der Waals surface area contributed by atoms with Gasteiger partial charge in [0.2, 0.25) is 5.75 Å². The summed E-state index contributed by atoms with van der Waals surface area (Å²) < 4.78 is 0. The van der Waals surface area contributed by atoms with Crippen LogP contribution in [0.15, 0.2) is 16.2 Å². The molecule has 5 N–H and O–H groups in total. The maximum atomic E-state index is 11.3. The molecule has 0 aliphatic heterocycles. The number of nitrogens with two attached hydrogens (primary N) is 1. The molecule has 0 saturated heterocycles. The van der Waals surface area contributed by atoms with E-state index in [1.165, 1.54) is 11.3 Å². The van der Waals surface area contributed by atoms with E-state index in [0.717, 1.165) is 0 Å². The number of aromatic amines is 1. The van der Waals surface area contributed by atoms with Gasteiger partial charge in [0.1, 0.15) is 0 Å². The molecule has 0 bridgehead atoms. The lowest BCUT2D eigenvalue weighted by Gasteiger charge is -2.02. The van der Waals surface area contributed by atoms with Crippen molar-refractivity contribution in [3.8, 4) is 16.5 Å². The standard InChI is InChI=1S/C9H7N3O4S.ClH/c10-3-1-2-17-6(3)7-11-4(9(15)16)5(13)8(14)12-7;/h1-2,13H,10H2,(H,15,16)(H,11,12,14);1H. The molecule has 0 aliphatic rings. The average molecular weight is 290 g/mol. The van der Waals surface area contributed by atoms with Crippen LogP contribution in [0.3, 0.4) is 0 Å². The first-order chi connectivity index (χ1) is 8.00. The maximum absolute atomic E-state index is 11.3. The van der Waals surface area contributed by atoms with Gasteiger partial charge < -0.3 is 20.9 Å². The van der Waals surface area contributed by atoms with Gasteiger partial charge in [-0.05, 0) is 11.4 Å². The van der Waals surface area contributed by atoms with Crippen LogP contribution in [0.5, 0.6) is 5.75 Å². The molecule has 0 spiro atoms. The third kappa shape index (κ3) is 2.29. The predicted molar refractivity (Wildman–Crippen MR) is 68.5 cm³/mol. The van der Waals surface area contributed by atoms with Gasteiger partial charge in [0.15, 0.2) is 11.5 Å². The number of rotatable bonds is 2. The summed E-state index contributed by atoms with van der Waals surface area (Å²) >= 11 is 1.21. The van der Waals surface area contributed by atoms with Gasteiger partial charge in [-0.25, -0.2) is 9.78 Å². The van der Waals surface area contributed by atoms with Crippen molar-refractivity contribution < 1.29 is 15.0 Å². The molecule has 7 nitrogen and oxygen atoms in total. The lowest BCUT2D eigenvalue weighted by molar-refractivity contribution is 0.0686. The van der Waals surface area contributed by atoms with Crippen molar-refractivity contribution in [3.05, 3.63) is 27.5 Å². The molecule has 0 aliphatic carbocycles. The Hall–Kier alpha value is -2.06. The van der Waals surface area contributed by atoms with Crippen LogP contribution in [0.1, 0.15) is 10.5 Å². The van der Waals surface area contributed by atoms with E-state index in [-0.39, 0.29) is 18.2 Å². The van der Waals surface area contributed by atoms with Gasteiger partial charge in [0.25, 0.3) is 5.56 Å². The number of carboxylic acid groups (broad SMARTS) is 1. The fourth-order valence-electron chi connectivity index (χ4n) is 1.24. The van der Waals surface area contributed by atoms with Gasteiger partial charge in [-0.15, -0.1) is 23.7 Å². The van der Waals surface area contributed by atoms with Crippen LogP contribution in [0.4, 0.5) is 5.69 Å². The Labute approximate surface area is 110 Å². The summed E-state index contributed by atoms with van der Waals surface area (Å²) in [5.74, 6) is -2.38. The topological polar surface area (TPSA) is 129 Å². The molecule has 0 saturated carbocycles. The van der Waals surface area contributed by atoms with Crippen molar-refractivity contribution in [2.45, 2.75) is 0 Å². The van der Waals surface area contributed by atoms with Crippen LogP contribution >= 0.6 is 23.7 Å². The number of carbonyl (C=O) groups is 1. The van der Waals surface area contributed by atoms with E-state index in [2.05, 4.69) is 9.97 Å². The van der Waals surface area contributed by atoms with Crippen molar-refractivity contribution in [3.63, 3.8) is 0 Å². The minimum atomic E-state index is -1.48. The lowest BCUT2D eigenvalue weighted by atomic mass is 10.3. The third-order valence-electron chi connectivity index (χ3n) is 2.01. The first-order valence-electron chi connectivity index (χ1n) is 4.40. The fraction of sp³-hybridized carbons (Fsp3) is 0. The van der Waals surface area contributed by atoms with E-state index in [1.54, 1.807) is 11.4 Å². The lowest BCUT2D eigenvalue weighted by Crippen LogP contribution is -2.15. The summed E-state index contributed by atoms with van der Waals surface area (Å²) in [5.41, 5.74) is 4.39. The summed E-state index contributed by atoms with van der Waals surface area (Å²) in [6.45, 7) is 0. The minimum Gasteiger partial charge on any atom is -0.501 e. The monoisotopic (exact) mass is 289 g/mol. The fourth-order valence-corrected chi connectivity index (χ4v) is 2.00. The zero-order valence-corrected chi connectivity index (χ0v) is 10.3. The highest BCUT2D eigenvalue weighted by molar-refractivity contribution is 7.14. The number of nitrogens with one attached hydrogen (secondary N) is 1. The van der Waals surface area contributed by atoms with Crippen molar-refractivity contribution in [1.82, 2.24) is 9.97 Å². The van der Waals surface area contributed by atoms with Crippen LogP contribution in [-0.4, -0.2) is 26.2 Å². The van der Waals surface area contributed by atoms with Crippen molar-refractivity contribution in [2.24, 2.45) is 0 Å². The summed E-state index contributed by atoms with van der Waals surface area (Å²) in [6, 6.07) is 1.60. The molecule has 0 aromatic carbocycles. The zero-order chi connectivity index (χ0) is 12.6. The van der Waals surface area contributed by atoms with Crippen molar-refractivity contribution in [1.29, 1.82) is 0 Å². The van der Waals surface area contributed by atoms with Crippen molar-refractivity contribution >= 4 is 35.4 Å². The van der Waals surface area contributed by atoms with Gasteiger partial charge in [0, 0.05) is 0 Å². The molecule has 0 radical (unpaired) electrons. The van der Waals surface area contributed by atoms with Crippen LogP contribution in [-0.2, 0) is 0 Å². The number of hydrogen-bond acceptors (Lipinski definition) is 6. The Kier molecular flexibility index (Phi) is 3.94. The zero-order valence-electron chi connectivity index (χ0n) is 8.71. The normalized spacial score (nSPS) is 9.78. The summed E-state index contributed by atoms with van der Waals surface area (Å²) in [5, 5.41) is 19.7. The van der Waals surface area contributed by atoms with E-state index in [4.69, 9.17) is 10.8 Å². The number of aromatic carboxylic acids is 1. The molecule has 0 fully saturated rings. The molecule has 2 heterocycles. The number of aromatic hydroxyl groups is 1. The molecular weight excluding hydrogens is 282 g/mol. The molecule has 18 heavy (non-hydrogen) atoms. The molecule has 96 valence electrons. The number of nitrogens with zero attached hydrogens (tertiary/aromatic N) is 1. The third-order valence-corrected chi connectivity index (χ3v) is 2.95. The summed E-state index contributed by atoms with van der Waals surface area (Å²) in [4.78, 5) is 28.5. The van der Waals surface area contributed by atoms with E-state index in [1.807, 2.05) is 0 Å². The Morgan fingerprint density at radius 2 is 2.17 bits per heavy atom. The molecular formula is C9H8ClN3O4S. The average Bonchev–Trinajstić information content (AvgIpc) is 2.68. The maximum Gasteiger partial charge on any atom is 0.358 e. The SMILES string of the molecule is Cl.Nc1ccsc1-c1nc(C(=O)O)c(O)c(=O)[nH]1. The van der Waals surface area contributed by atoms with Gasteiger partial charge in [0.05, 0.1) is 10.6 Å². The number of nitrogen functional groups attached to an aromatic ring is 1. The Bertz CT molecular complexity index is 652. The molecule has 9 heteroatoms. The molecule has 2 aromatic rings. The van der Waals surface area contributed by atoms with E-state index in [0.29, 0.717) is 10.6 Å². The molecule has 0 unspecified atom stereocenters. The van der Waals surface area contributed by atoms with Crippen LogP contribution in [0.25, 0.3) is 10.7 Å². The minimum absolute atomic E-state index is 0. The second-order valence-corrected chi connectivity index (χ2v) is 4.04. The quantitative estimate of drug-likeness (QED) is 0.650. The van der Waals surface area contributed by atoms with Gasteiger partial charge >= 0.3 is 5.97 Å². The Morgan fingerprint density at radius 1 is 1.50 bits per heavy atom. The van der Waals surface area contributed by atoms with E-state index in [9.17, 15) is 14.7 Å². The number of thiophene rings is 1. The molecule has 2 aromatic heterocycles. The predicted octanol–water partition coefficient (Wildman–Crippen LogP) is 0.906. The second-order valence-electron chi connectivity index (χ2n) is 3.12. The second kappa shape index (κ2) is 5.07.